The van der Waals surface area contributed by atoms with E-state index >= 15 is 0 Å². The Kier molecular flexibility index (Phi) is 5.06. The van der Waals surface area contributed by atoms with Gasteiger partial charge in [0.15, 0.2) is 0 Å². The van der Waals surface area contributed by atoms with Gasteiger partial charge < -0.3 is 18.9 Å². The van der Waals surface area contributed by atoms with Crippen molar-refractivity contribution in [3.8, 4) is 0 Å². The summed E-state index contributed by atoms with van der Waals surface area (Å²) in [6.45, 7) is 5.91. The van der Waals surface area contributed by atoms with E-state index in [1.165, 1.54) is 13.8 Å². The molecule has 0 saturated carbocycles. The van der Waals surface area contributed by atoms with Crippen molar-refractivity contribution in [2.24, 2.45) is 4.99 Å². The number of nitrogens with zero attached hydrogens (tertiary/aromatic N) is 1. The van der Waals surface area contributed by atoms with Gasteiger partial charge >= 0.3 is 23.5 Å². The first-order valence-corrected chi connectivity index (χ1v) is 6.48. The van der Waals surface area contributed by atoms with Gasteiger partial charge in [-0.2, -0.15) is 0 Å². The summed E-state index contributed by atoms with van der Waals surface area (Å²) >= 11 is 0. The van der Waals surface area contributed by atoms with Crippen LogP contribution in [0.3, 0.4) is 0 Å². The van der Waals surface area contributed by atoms with Gasteiger partial charge in [0.05, 0.1) is 26.0 Å². The third-order valence-electron chi connectivity index (χ3n) is 2.93. The molecule has 0 radical (unpaired) electrons. The molecule has 0 aromatic heterocycles. The number of ether oxygens (including phenoxy) is 4. The molecule has 0 saturated heterocycles. The van der Waals surface area contributed by atoms with Crippen molar-refractivity contribution in [3.63, 3.8) is 0 Å². The molecule has 0 aromatic carbocycles. The van der Waals surface area contributed by atoms with E-state index in [4.69, 9.17) is 14.2 Å². The molecule has 1 heterocycles. The molecule has 0 fully saturated rings. The van der Waals surface area contributed by atoms with Gasteiger partial charge in [-0.3, -0.25) is 0 Å². The van der Waals surface area contributed by atoms with E-state index < -0.39 is 29.2 Å². The van der Waals surface area contributed by atoms with Gasteiger partial charge in [-0.1, -0.05) is 0 Å². The number of carbonyl (C=O) groups is 3. The van der Waals surface area contributed by atoms with E-state index in [1.54, 1.807) is 13.8 Å². The standard InChI is InChI=1S/C13H19NO7/c1-6-19-10(16)13(11(17)20-7-2)8(3)14-12(4,21-13)9(15)18-5/h6-7H2,1-5H3. The predicted molar refractivity (Wildman–Crippen MR) is 70.6 cm³/mol. The first-order valence-electron chi connectivity index (χ1n) is 6.48. The highest BCUT2D eigenvalue weighted by Crippen LogP contribution is 2.35. The number of hydrogen-bond donors (Lipinski definition) is 0. The number of esters is 3. The number of carbonyl (C=O) groups excluding carboxylic acids is 3. The van der Waals surface area contributed by atoms with Gasteiger partial charge in [0.2, 0.25) is 0 Å². The zero-order chi connectivity index (χ0) is 16.3. The summed E-state index contributed by atoms with van der Waals surface area (Å²) in [5, 5.41) is 0. The lowest BCUT2D eigenvalue weighted by Crippen LogP contribution is -2.56. The number of hydrogen-bond acceptors (Lipinski definition) is 8. The molecule has 0 N–H and O–H groups in total. The molecule has 0 spiro atoms. The zero-order valence-corrected chi connectivity index (χ0v) is 12.7. The highest BCUT2D eigenvalue weighted by atomic mass is 16.7. The lowest BCUT2D eigenvalue weighted by atomic mass is 9.99. The molecular weight excluding hydrogens is 282 g/mol. The Morgan fingerprint density at radius 2 is 1.57 bits per heavy atom. The number of rotatable bonds is 5. The van der Waals surface area contributed by atoms with Crippen LogP contribution in [0.15, 0.2) is 4.99 Å². The third-order valence-corrected chi connectivity index (χ3v) is 2.93. The molecule has 118 valence electrons. The van der Waals surface area contributed by atoms with E-state index in [0.29, 0.717) is 0 Å². The minimum atomic E-state index is -2.19. The SMILES string of the molecule is CCOC(=O)C1(C(=O)OCC)OC(C)(C(=O)OC)N=C1C. The average molecular weight is 301 g/mol. The molecule has 1 aliphatic heterocycles. The largest absolute Gasteiger partial charge is 0.465 e. The van der Waals surface area contributed by atoms with Crippen molar-refractivity contribution >= 4 is 23.6 Å². The monoisotopic (exact) mass is 301 g/mol. The maximum Gasteiger partial charge on any atom is 0.361 e. The van der Waals surface area contributed by atoms with Crippen LogP contribution >= 0.6 is 0 Å². The topological polar surface area (TPSA) is 100 Å². The van der Waals surface area contributed by atoms with Crippen LogP contribution in [0.4, 0.5) is 0 Å². The fraction of sp³-hybridized carbons (Fsp3) is 0.692. The highest BCUT2D eigenvalue weighted by molar-refractivity contribution is 6.26. The molecule has 21 heavy (non-hydrogen) atoms. The zero-order valence-electron chi connectivity index (χ0n) is 12.7. The van der Waals surface area contributed by atoms with Crippen LogP contribution in [0.25, 0.3) is 0 Å². The normalized spacial score (nSPS) is 23.2. The van der Waals surface area contributed by atoms with Crippen molar-refractivity contribution in [3.05, 3.63) is 0 Å². The minimum Gasteiger partial charge on any atom is -0.465 e. The second-order valence-corrected chi connectivity index (χ2v) is 4.40. The molecule has 0 aromatic rings. The lowest BCUT2D eigenvalue weighted by Gasteiger charge is -2.27. The fourth-order valence-electron chi connectivity index (χ4n) is 2.00. The molecule has 0 amide bonds. The summed E-state index contributed by atoms with van der Waals surface area (Å²) in [6, 6.07) is 0. The summed E-state index contributed by atoms with van der Waals surface area (Å²) in [6.07, 6.45) is 0. The van der Waals surface area contributed by atoms with Crippen molar-refractivity contribution in [1.82, 2.24) is 0 Å². The Morgan fingerprint density at radius 3 is 1.95 bits per heavy atom. The van der Waals surface area contributed by atoms with E-state index in [1.807, 2.05) is 0 Å². The number of methoxy groups -OCH3 is 1. The van der Waals surface area contributed by atoms with Gasteiger partial charge in [0, 0.05) is 0 Å². The molecule has 1 atom stereocenters. The third kappa shape index (κ3) is 2.76. The quantitative estimate of drug-likeness (QED) is 0.407. The van der Waals surface area contributed by atoms with Gasteiger partial charge in [0.1, 0.15) is 0 Å². The van der Waals surface area contributed by atoms with Crippen LogP contribution in [0.5, 0.6) is 0 Å². The smallest absolute Gasteiger partial charge is 0.361 e. The van der Waals surface area contributed by atoms with Crippen molar-refractivity contribution in [2.75, 3.05) is 20.3 Å². The second-order valence-electron chi connectivity index (χ2n) is 4.40. The van der Waals surface area contributed by atoms with Crippen LogP contribution in [0.1, 0.15) is 27.7 Å². The summed E-state index contributed by atoms with van der Waals surface area (Å²) in [5.41, 5.74) is -4.01. The Balaban J connectivity index is 3.29. The molecule has 8 heteroatoms. The predicted octanol–water partition coefficient (Wildman–Crippen LogP) is 0.232. The van der Waals surface area contributed by atoms with Gasteiger partial charge in [-0.25, -0.2) is 19.4 Å². The van der Waals surface area contributed by atoms with Crippen LogP contribution in [0.2, 0.25) is 0 Å². The van der Waals surface area contributed by atoms with Crippen molar-refractivity contribution in [2.45, 2.75) is 39.0 Å². The molecule has 0 aliphatic carbocycles. The lowest BCUT2D eigenvalue weighted by molar-refractivity contribution is -0.198. The fourth-order valence-corrected chi connectivity index (χ4v) is 2.00. The molecule has 0 bridgehead atoms. The van der Waals surface area contributed by atoms with Gasteiger partial charge in [-0.15, -0.1) is 0 Å². The van der Waals surface area contributed by atoms with E-state index in [9.17, 15) is 14.4 Å². The Hall–Kier alpha value is -1.96. The molecular formula is C13H19NO7. The molecule has 1 unspecified atom stereocenters. The van der Waals surface area contributed by atoms with Crippen LogP contribution in [-0.2, 0) is 33.3 Å². The van der Waals surface area contributed by atoms with Crippen LogP contribution in [0, 0.1) is 0 Å². The summed E-state index contributed by atoms with van der Waals surface area (Å²) in [4.78, 5) is 40.2. The van der Waals surface area contributed by atoms with Gasteiger partial charge in [0.25, 0.3) is 5.72 Å². The Bertz CT molecular complexity index is 467. The molecule has 8 nitrogen and oxygen atoms in total. The van der Waals surface area contributed by atoms with E-state index in [-0.39, 0.29) is 18.9 Å². The maximum atomic E-state index is 12.2. The summed E-state index contributed by atoms with van der Waals surface area (Å²) < 4.78 is 19.7. The van der Waals surface area contributed by atoms with E-state index in [0.717, 1.165) is 7.11 Å². The Labute approximate surface area is 122 Å². The summed E-state index contributed by atoms with van der Waals surface area (Å²) in [7, 11) is 1.15. The van der Waals surface area contributed by atoms with E-state index in [2.05, 4.69) is 9.73 Å². The minimum absolute atomic E-state index is 0.0210. The first-order chi connectivity index (χ1) is 9.78. The molecule has 1 rings (SSSR count). The summed E-state index contributed by atoms with van der Waals surface area (Å²) in [5.74, 6) is -2.79. The van der Waals surface area contributed by atoms with Gasteiger partial charge in [-0.05, 0) is 27.7 Å². The van der Waals surface area contributed by atoms with Crippen LogP contribution < -0.4 is 0 Å². The first kappa shape index (κ1) is 17.1. The van der Waals surface area contributed by atoms with Crippen molar-refractivity contribution in [1.29, 1.82) is 0 Å². The van der Waals surface area contributed by atoms with Crippen LogP contribution in [-0.4, -0.2) is 55.3 Å². The number of aliphatic imine (C=N–C) groups is 1. The average Bonchev–Trinajstić information content (AvgIpc) is 2.72. The Morgan fingerprint density at radius 1 is 1.10 bits per heavy atom. The maximum absolute atomic E-state index is 12.2. The highest BCUT2D eigenvalue weighted by Gasteiger charge is 2.63. The second kappa shape index (κ2) is 6.21. The van der Waals surface area contributed by atoms with Crippen molar-refractivity contribution < 1.29 is 33.3 Å². The molecule has 1 aliphatic rings.